The number of hydrogen-bond acceptors (Lipinski definition) is 3. The van der Waals surface area contributed by atoms with Crippen LogP contribution in [0.4, 0.5) is 0 Å². The number of hydrogen-bond donors (Lipinski definition) is 0. The van der Waals surface area contributed by atoms with E-state index in [4.69, 9.17) is 14.0 Å². The Morgan fingerprint density at radius 1 is 0.632 bits per heavy atom. The van der Waals surface area contributed by atoms with Gasteiger partial charge in [-0.1, -0.05) is 39.5 Å². The molecule has 0 radical (unpaired) electrons. The monoisotopic (exact) mass is 274 g/mol. The van der Waals surface area contributed by atoms with Gasteiger partial charge in [0.1, 0.15) is 0 Å². The van der Waals surface area contributed by atoms with E-state index in [1.54, 1.807) is 0 Å². The van der Waals surface area contributed by atoms with Gasteiger partial charge < -0.3 is 14.0 Å². The maximum Gasteiger partial charge on any atom is 0.639 e. The molecule has 0 aliphatic carbocycles. The minimum Gasteiger partial charge on any atom is -0.384 e. The molecular weight excluding hydrogens is 239 g/mol. The van der Waals surface area contributed by atoms with Crippen LogP contribution in [0.1, 0.15) is 81.1 Å². The van der Waals surface area contributed by atoms with E-state index in [1.807, 2.05) is 41.5 Å². The summed E-state index contributed by atoms with van der Waals surface area (Å²) < 4.78 is 16.3. The molecule has 19 heavy (non-hydrogen) atoms. The Balaban J connectivity index is 0. The third kappa shape index (κ3) is 20.4. The summed E-state index contributed by atoms with van der Waals surface area (Å²) in [6.45, 7) is 16.2. The van der Waals surface area contributed by atoms with Crippen LogP contribution in [0, 0.1) is 0 Å². The zero-order valence-electron chi connectivity index (χ0n) is 14.4. The Morgan fingerprint density at radius 3 is 1.05 bits per heavy atom. The molecule has 4 heteroatoms. The van der Waals surface area contributed by atoms with Crippen molar-refractivity contribution in [3.8, 4) is 0 Å². The molecule has 0 amide bonds. The Kier molecular flexibility index (Phi) is 16.1. The topological polar surface area (TPSA) is 27.7 Å². The lowest BCUT2D eigenvalue weighted by molar-refractivity contribution is 0.0335. The minimum atomic E-state index is -0.542. The summed E-state index contributed by atoms with van der Waals surface area (Å²) in [7, 11) is -0.542. The first kappa shape index (κ1) is 21.2. The molecule has 0 saturated heterocycles. The SMILES string of the molecule is CC(C)OB(OC(C)C)OC(C)C.CCCCCC. The first-order valence-corrected chi connectivity index (χ1v) is 7.79. The first-order valence-electron chi connectivity index (χ1n) is 7.79. The van der Waals surface area contributed by atoms with Crippen molar-refractivity contribution < 1.29 is 14.0 Å². The summed E-state index contributed by atoms with van der Waals surface area (Å²) in [5, 5.41) is 0. The molecule has 116 valence electrons. The summed E-state index contributed by atoms with van der Waals surface area (Å²) in [6.07, 6.45) is 5.88. The lowest BCUT2D eigenvalue weighted by atomic mass is 10.2. The van der Waals surface area contributed by atoms with Gasteiger partial charge >= 0.3 is 7.32 Å². The molecule has 0 heterocycles. The highest BCUT2D eigenvalue weighted by Gasteiger charge is 2.25. The highest BCUT2D eigenvalue weighted by atomic mass is 16.7. The maximum atomic E-state index is 5.43. The summed E-state index contributed by atoms with van der Waals surface area (Å²) in [5.41, 5.74) is 0. The predicted molar refractivity (Wildman–Crippen MR) is 84.2 cm³/mol. The molecule has 0 spiro atoms. The zero-order chi connectivity index (χ0) is 15.3. The van der Waals surface area contributed by atoms with Gasteiger partial charge in [-0.25, -0.2) is 0 Å². The average Bonchev–Trinajstić information content (AvgIpc) is 2.24. The second-order valence-corrected chi connectivity index (χ2v) is 5.55. The molecule has 0 N–H and O–H groups in total. The first-order chi connectivity index (χ1) is 8.83. The van der Waals surface area contributed by atoms with E-state index in [9.17, 15) is 0 Å². The fraction of sp³-hybridized carbons (Fsp3) is 1.00. The van der Waals surface area contributed by atoms with Crippen molar-refractivity contribution in [1.29, 1.82) is 0 Å². The molecular formula is C15H35BO3. The van der Waals surface area contributed by atoms with Crippen molar-refractivity contribution in [2.45, 2.75) is 99.4 Å². The molecule has 0 unspecified atom stereocenters. The summed E-state index contributed by atoms with van der Waals surface area (Å²) in [4.78, 5) is 0. The Hall–Kier alpha value is -0.0551. The maximum absolute atomic E-state index is 5.43. The van der Waals surface area contributed by atoms with E-state index in [2.05, 4.69) is 13.8 Å². The van der Waals surface area contributed by atoms with Crippen LogP contribution in [-0.4, -0.2) is 25.6 Å². The Morgan fingerprint density at radius 2 is 0.895 bits per heavy atom. The van der Waals surface area contributed by atoms with Crippen LogP contribution >= 0.6 is 0 Å². The van der Waals surface area contributed by atoms with Crippen LogP contribution in [0.15, 0.2) is 0 Å². The van der Waals surface area contributed by atoms with E-state index in [0.29, 0.717) is 0 Å². The van der Waals surface area contributed by atoms with Crippen molar-refractivity contribution in [1.82, 2.24) is 0 Å². The zero-order valence-corrected chi connectivity index (χ0v) is 14.4. The molecule has 0 atom stereocenters. The second-order valence-electron chi connectivity index (χ2n) is 5.55. The quantitative estimate of drug-likeness (QED) is 0.445. The fourth-order valence-corrected chi connectivity index (χ4v) is 1.26. The average molecular weight is 274 g/mol. The van der Waals surface area contributed by atoms with Crippen LogP contribution in [0.5, 0.6) is 0 Å². The molecule has 0 aliphatic heterocycles. The number of unbranched alkanes of at least 4 members (excludes halogenated alkanes) is 3. The van der Waals surface area contributed by atoms with Crippen molar-refractivity contribution >= 4 is 7.32 Å². The third-order valence-electron chi connectivity index (χ3n) is 2.11. The van der Waals surface area contributed by atoms with Crippen LogP contribution in [-0.2, 0) is 14.0 Å². The molecule has 0 fully saturated rings. The van der Waals surface area contributed by atoms with E-state index in [-0.39, 0.29) is 18.3 Å². The van der Waals surface area contributed by atoms with Crippen LogP contribution in [0.2, 0.25) is 0 Å². The predicted octanol–water partition coefficient (Wildman–Crippen LogP) is 4.83. The molecule has 0 rings (SSSR count). The largest absolute Gasteiger partial charge is 0.639 e. The van der Waals surface area contributed by atoms with Crippen molar-refractivity contribution in [3.63, 3.8) is 0 Å². The van der Waals surface area contributed by atoms with Crippen LogP contribution in [0.3, 0.4) is 0 Å². The van der Waals surface area contributed by atoms with Crippen molar-refractivity contribution in [2.75, 3.05) is 0 Å². The molecule has 0 aliphatic rings. The summed E-state index contributed by atoms with van der Waals surface area (Å²) in [6, 6.07) is 0. The van der Waals surface area contributed by atoms with Crippen molar-refractivity contribution in [2.24, 2.45) is 0 Å². The Labute approximate surface area is 121 Å². The smallest absolute Gasteiger partial charge is 0.384 e. The second kappa shape index (κ2) is 14.4. The van der Waals surface area contributed by atoms with Gasteiger partial charge in [-0.05, 0) is 41.5 Å². The van der Waals surface area contributed by atoms with Gasteiger partial charge in [-0.3, -0.25) is 0 Å². The van der Waals surface area contributed by atoms with E-state index < -0.39 is 7.32 Å². The third-order valence-corrected chi connectivity index (χ3v) is 2.11. The van der Waals surface area contributed by atoms with Gasteiger partial charge in [0, 0.05) is 18.3 Å². The molecule has 0 aromatic carbocycles. The molecule has 3 nitrogen and oxygen atoms in total. The number of rotatable bonds is 9. The normalized spacial score (nSPS) is 10.9. The molecule has 0 bridgehead atoms. The van der Waals surface area contributed by atoms with E-state index >= 15 is 0 Å². The fourth-order valence-electron chi connectivity index (χ4n) is 1.26. The van der Waals surface area contributed by atoms with Gasteiger partial charge in [0.2, 0.25) is 0 Å². The van der Waals surface area contributed by atoms with Crippen LogP contribution in [0.25, 0.3) is 0 Å². The van der Waals surface area contributed by atoms with Gasteiger partial charge in [0.25, 0.3) is 0 Å². The van der Waals surface area contributed by atoms with Gasteiger partial charge in [-0.15, -0.1) is 0 Å². The highest BCUT2D eigenvalue weighted by molar-refractivity contribution is 6.36. The highest BCUT2D eigenvalue weighted by Crippen LogP contribution is 2.04. The van der Waals surface area contributed by atoms with Crippen LogP contribution < -0.4 is 0 Å². The van der Waals surface area contributed by atoms with E-state index in [1.165, 1.54) is 25.7 Å². The molecule has 0 aromatic rings. The summed E-state index contributed by atoms with van der Waals surface area (Å²) >= 11 is 0. The van der Waals surface area contributed by atoms with E-state index in [0.717, 1.165) is 0 Å². The standard InChI is InChI=1S/C9H21BO3.C6H14/c1-7(2)11-10(12-8(3)4)13-9(5)6;1-3-5-6-4-2/h7-9H,1-6H3;3-6H2,1-2H3. The molecule has 0 aromatic heterocycles. The lowest BCUT2D eigenvalue weighted by Gasteiger charge is -2.20. The Bertz CT molecular complexity index is 145. The lowest BCUT2D eigenvalue weighted by Crippen LogP contribution is -2.34. The minimum absolute atomic E-state index is 0.113. The van der Waals surface area contributed by atoms with Gasteiger partial charge in [-0.2, -0.15) is 0 Å². The molecule has 0 saturated carbocycles. The van der Waals surface area contributed by atoms with Crippen molar-refractivity contribution in [3.05, 3.63) is 0 Å². The van der Waals surface area contributed by atoms with Gasteiger partial charge in [0.05, 0.1) is 0 Å². The summed E-state index contributed by atoms with van der Waals surface area (Å²) in [5.74, 6) is 0. The van der Waals surface area contributed by atoms with Gasteiger partial charge in [0.15, 0.2) is 0 Å².